The van der Waals surface area contributed by atoms with Crippen LogP contribution in [-0.2, 0) is 5.11 Å². The van der Waals surface area contributed by atoms with Gasteiger partial charge in [-0.3, -0.25) is 0 Å². The van der Waals surface area contributed by atoms with Crippen molar-refractivity contribution >= 4 is 0 Å². The Morgan fingerprint density at radius 3 is 1.80 bits per heavy atom. The van der Waals surface area contributed by atoms with Crippen LogP contribution in [0.25, 0.3) is 0 Å². The smallest absolute Gasteiger partial charge is 0.229 e. The number of halogens is 3. The van der Waals surface area contributed by atoms with Crippen molar-refractivity contribution in [2.75, 3.05) is 0 Å². The maximum atomic E-state index is 11.5. The maximum Gasteiger partial charge on any atom is 0.391 e. The molecule has 0 aliphatic carbocycles. The zero-order valence-corrected chi connectivity index (χ0v) is 5.96. The summed E-state index contributed by atoms with van der Waals surface area (Å²) >= 11 is 0. The van der Waals surface area contributed by atoms with E-state index in [1.165, 1.54) is 6.92 Å². The van der Waals surface area contributed by atoms with Gasteiger partial charge in [-0.25, -0.2) is 5.11 Å². The van der Waals surface area contributed by atoms with E-state index in [0.717, 1.165) is 6.92 Å². The third-order valence-electron chi connectivity index (χ3n) is 1.32. The summed E-state index contributed by atoms with van der Waals surface area (Å²) in [5.74, 6) is 0. The normalized spacial score (nSPS) is 18.6. The molecule has 1 unspecified atom stereocenters. The Morgan fingerprint density at radius 2 is 1.70 bits per heavy atom. The molecule has 1 radical (unpaired) electrons. The van der Waals surface area contributed by atoms with E-state index in [0.29, 0.717) is 0 Å². The molecule has 0 aromatic carbocycles. The fourth-order valence-electron chi connectivity index (χ4n) is 0.549. The zero-order chi connectivity index (χ0) is 8.41. The predicted octanol–water partition coefficient (Wildman–Crippen LogP) is 2.54. The van der Waals surface area contributed by atoms with Gasteiger partial charge in [-0.1, -0.05) is 6.92 Å². The molecule has 0 aliphatic heterocycles. The first-order chi connectivity index (χ1) is 4.27. The van der Waals surface area contributed by atoms with Crippen LogP contribution in [0.2, 0.25) is 0 Å². The molecule has 0 saturated carbocycles. The second-order valence-corrected chi connectivity index (χ2v) is 2.60. The van der Waals surface area contributed by atoms with Crippen molar-refractivity contribution in [2.24, 2.45) is 0 Å². The number of hydrogen-bond acceptors (Lipinski definition) is 0. The van der Waals surface area contributed by atoms with Gasteiger partial charge < -0.3 is 0 Å². The van der Waals surface area contributed by atoms with Crippen molar-refractivity contribution < 1.29 is 18.3 Å². The van der Waals surface area contributed by atoms with Crippen LogP contribution >= 0.6 is 0 Å². The summed E-state index contributed by atoms with van der Waals surface area (Å²) < 4.78 is 34.6. The molecule has 0 fully saturated rings. The van der Waals surface area contributed by atoms with Crippen molar-refractivity contribution in [3.8, 4) is 0 Å². The highest BCUT2D eigenvalue weighted by Gasteiger charge is 2.38. The number of rotatable bonds is 2. The molecule has 0 amide bonds. The Kier molecular flexibility index (Phi) is 2.71. The van der Waals surface area contributed by atoms with Crippen molar-refractivity contribution in [3.05, 3.63) is 0 Å². The molecular weight excluding hydrogens is 145 g/mol. The Hall–Kier alpha value is -0.250. The lowest BCUT2D eigenvalue weighted by Gasteiger charge is -2.19. The first-order valence-electron chi connectivity index (χ1n) is 3.04. The molecule has 0 N–H and O–H groups in total. The van der Waals surface area contributed by atoms with Crippen LogP contribution in [0.15, 0.2) is 0 Å². The van der Waals surface area contributed by atoms with Gasteiger partial charge in [0.1, 0.15) is 5.60 Å². The lowest BCUT2D eigenvalue weighted by Crippen LogP contribution is -2.28. The van der Waals surface area contributed by atoms with Crippen LogP contribution < -0.4 is 0 Å². The second kappa shape index (κ2) is 2.78. The lowest BCUT2D eigenvalue weighted by atomic mass is 9.99. The summed E-state index contributed by atoms with van der Waals surface area (Å²) in [4.78, 5) is 0. The van der Waals surface area contributed by atoms with Gasteiger partial charge in [0.05, 0.1) is 6.42 Å². The molecule has 0 rings (SSSR count). The van der Waals surface area contributed by atoms with Crippen LogP contribution in [0.3, 0.4) is 0 Å². The van der Waals surface area contributed by atoms with E-state index in [-0.39, 0.29) is 6.42 Å². The van der Waals surface area contributed by atoms with Crippen molar-refractivity contribution in [1.82, 2.24) is 0 Å². The molecule has 0 saturated heterocycles. The minimum atomic E-state index is -4.33. The van der Waals surface area contributed by atoms with E-state index in [1.54, 1.807) is 0 Å². The van der Waals surface area contributed by atoms with Crippen molar-refractivity contribution in [2.45, 2.75) is 38.5 Å². The minimum absolute atomic E-state index is 0.00646. The Labute approximate surface area is 57.9 Å². The highest BCUT2D eigenvalue weighted by Crippen LogP contribution is 2.29. The van der Waals surface area contributed by atoms with Crippen LogP contribution in [0.5, 0.6) is 0 Å². The summed E-state index contributed by atoms with van der Waals surface area (Å²) in [5, 5.41) is 10.8. The molecule has 61 valence electrons. The lowest BCUT2D eigenvalue weighted by molar-refractivity contribution is -0.185. The summed E-state index contributed by atoms with van der Waals surface area (Å²) in [7, 11) is 0. The van der Waals surface area contributed by atoms with Gasteiger partial charge in [0.2, 0.25) is 0 Å². The fourth-order valence-corrected chi connectivity index (χ4v) is 0.549. The SMILES string of the molecule is CCC(C)([O])CC(F)(F)F. The molecule has 4 heteroatoms. The minimum Gasteiger partial charge on any atom is -0.229 e. The molecule has 0 aromatic rings. The monoisotopic (exact) mass is 155 g/mol. The molecule has 0 heterocycles. The average Bonchev–Trinajstić information content (AvgIpc) is 1.60. The zero-order valence-electron chi connectivity index (χ0n) is 5.96. The van der Waals surface area contributed by atoms with Crippen LogP contribution in [0.4, 0.5) is 13.2 Å². The Morgan fingerprint density at radius 1 is 1.30 bits per heavy atom. The van der Waals surface area contributed by atoms with E-state index < -0.39 is 18.2 Å². The van der Waals surface area contributed by atoms with E-state index in [9.17, 15) is 18.3 Å². The van der Waals surface area contributed by atoms with E-state index in [2.05, 4.69) is 0 Å². The third kappa shape index (κ3) is 4.61. The van der Waals surface area contributed by atoms with Crippen LogP contribution in [0.1, 0.15) is 26.7 Å². The summed E-state index contributed by atoms with van der Waals surface area (Å²) in [6.07, 6.45) is -5.56. The first kappa shape index (κ1) is 9.75. The van der Waals surface area contributed by atoms with Crippen molar-refractivity contribution in [3.63, 3.8) is 0 Å². The van der Waals surface area contributed by atoms with Crippen LogP contribution in [0, 0.1) is 0 Å². The maximum absolute atomic E-state index is 11.5. The van der Waals surface area contributed by atoms with Gasteiger partial charge >= 0.3 is 6.18 Å². The molecular formula is C6H10F3O. The average molecular weight is 155 g/mol. The molecule has 1 atom stereocenters. The summed E-state index contributed by atoms with van der Waals surface area (Å²) in [6.45, 7) is 2.53. The fraction of sp³-hybridized carbons (Fsp3) is 1.00. The van der Waals surface area contributed by atoms with Crippen LogP contribution in [-0.4, -0.2) is 11.8 Å². The van der Waals surface area contributed by atoms with E-state index in [1.807, 2.05) is 0 Å². The highest BCUT2D eigenvalue weighted by molar-refractivity contribution is 4.73. The number of hydrogen-bond donors (Lipinski definition) is 0. The molecule has 0 aliphatic rings. The van der Waals surface area contributed by atoms with Gasteiger partial charge in [-0.2, -0.15) is 13.2 Å². The molecule has 0 aromatic heterocycles. The Bertz CT molecular complexity index is 106. The second-order valence-electron chi connectivity index (χ2n) is 2.60. The third-order valence-corrected chi connectivity index (χ3v) is 1.32. The first-order valence-corrected chi connectivity index (χ1v) is 3.04. The van der Waals surface area contributed by atoms with Gasteiger partial charge in [0, 0.05) is 0 Å². The number of alkyl halides is 3. The quantitative estimate of drug-likeness (QED) is 0.584. The Balaban J connectivity index is 3.89. The highest BCUT2D eigenvalue weighted by atomic mass is 19.4. The standard InChI is InChI=1S/C6H10F3O/c1-3-5(2,10)4-6(7,8)9/h3-4H2,1-2H3. The van der Waals surface area contributed by atoms with Gasteiger partial charge in [0.25, 0.3) is 0 Å². The van der Waals surface area contributed by atoms with Crippen molar-refractivity contribution in [1.29, 1.82) is 0 Å². The topological polar surface area (TPSA) is 19.9 Å². The van der Waals surface area contributed by atoms with Gasteiger partial charge in [-0.05, 0) is 13.3 Å². The molecule has 1 nitrogen and oxygen atoms in total. The van der Waals surface area contributed by atoms with Gasteiger partial charge in [-0.15, -0.1) is 0 Å². The van der Waals surface area contributed by atoms with E-state index in [4.69, 9.17) is 0 Å². The molecule has 10 heavy (non-hydrogen) atoms. The van der Waals surface area contributed by atoms with Gasteiger partial charge in [0.15, 0.2) is 0 Å². The molecule has 0 bridgehead atoms. The van der Waals surface area contributed by atoms with E-state index >= 15 is 0 Å². The predicted molar refractivity (Wildman–Crippen MR) is 30.1 cm³/mol. The largest absolute Gasteiger partial charge is 0.391 e. The summed E-state index contributed by atoms with van der Waals surface area (Å²) in [5.41, 5.74) is -1.85. The summed E-state index contributed by atoms with van der Waals surface area (Å²) in [6, 6.07) is 0. The molecule has 0 spiro atoms.